The van der Waals surface area contributed by atoms with Gasteiger partial charge in [0.25, 0.3) is 5.91 Å². The van der Waals surface area contributed by atoms with Gasteiger partial charge in [0.15, 0.2) is 0 Å². The average molecular weight is 315 g/mol. The van der Waals surface area contributed by atoms with Crippen LogP contribution in [0.2, 0.25) is 0 Å². The topological polar surface area (TPSA) is 67.2 Å². The fourth-order valence-corrected chi connectivity index (χ4v) is 3.42. The first-order valence-corrected chi connectivity index (χ1v) is 7.81. The van der Waals surface area contributed by atoms with E-state index in [1.165, 1.54) is 0 Å². The zero-order valence-electron chi connectivity index (χ0n) is 12.4. The Morgan fingerprint density at radius 2 is 2.23 bits per heavy atom. The Bertz CT molecular complexity index is 789. The lowest BCUT2D eigenvalue weighted by atomic mass is 10.2. The van der Waals surface area contributed by atoms with Crippen LogP contribution in [0.5, 0.6) is 0 Å². The van der Waals surface area contributed by atoms with Gasteiger partial charge >= 0.3 is 0 Å². The molecule has 3 rings (SSSR count). The minimum absolute atomic E-state index is 0.181. The molecule has 2 N–H and O–H groups in total. The summed E-state index contributed by atoms with van der Waals surface area (Å²) in [6, 6.07) is 9.94. The number of aryl methyl sites for hydroxylation is 2. The first kappa shape index (κ1) is 14.7. The van der Waals surface area contributed by atoms with E-state index in [1.807, 2.05) is 30.3 Å². The zero-order valence-corrected chi connectivity index (χ0v) is 13.2. The van der Waals surface area contributed by atoms with Crippen LogP contribution in [0, 0.1) is 6.92 Å². The third-order valence-electron chi connectivity index (χ3n) is 3.49. The molecule has 0 saturated carbocycles. The molecule has 0 saturated heterocycles. The molecule has 0 radical (unpaired) electrons. The first-order valence-electron chi connectivity index (χ1n) is 6.99. The molecule has 0 bridgehead atoms. The third kappa shape index (κ3) is 2.88. The number of thiophene rings is 1. The van der Waals surface area contributed by atoms with Crippen LogP contribution in [0.25, 0.3) is 10.1 Å². The molecular formula is C16H17N3O2S. The normalized spacial score (nSPS) is 12.5. The quantitative estimate of drug-likeness (QED) is 0.777. The second-order valence-electron chi connectivity index (χ2n) is 5.21. The number of aliphatic hydroxyl groups excluding tert-OH is 1. The largest absolute Gasteiger partial charge is 0.386 e. The van der Waals surface area contributed by atoms with E-state index >= 15 is 0 Å². The van der Waals surface area contributed by atoms with Crippen molar-refractivity contribution in [3.8, 4) is 0 Å². The number of carbonyl (C=O) groups is 1. The van der Waals surface area contributed by atoms with Crippen LogP contribution in [-0.4, -0.2) is 27.3 Å². The fraction of sp³-hybridized carbons (Fsp3) is 0.250. The van der Waals surface area contributed by atoms with E-state index in [2.05, 4.69) is 10.4 Å². The summed E-state index contributed by atoms with van der Waals surface area (Å²) in [7, 11) is 1.77. The Hall–Kier alpha value is -2.18. The second-order valence-corrected chi connectivity index (χ2v) is 6.33. The fourth-order valence-electron chi connectivity index (χ4n) is 2.37. The van der Waals surface area contributed by atoms with Gasteiger partial charge in [-0.1, -0.05) is 18.2 Å². The van der Waals surface area contributed by atoms with Gasteiger partial charge in [-0.05, 0) is 24.4 Å². The Morgan fingerprint density at radius 3 is 2.91 bits per heavy atom. The lowest BCUT2D eigenvalue weighted by Gasteiger charge is -2.09. The van der Waals surface area contributed by atoms with Gasteiger partial charge in [0.2, 0.25) is 0 Å². The number of amides is 1. The van der Waals surface area contributed by atoms with Gasteiger partial charge in [-0.2, -0.15) is 5.10 Å². The Morgan fingerprint density at radius 1 is 1.45 bits per heavy atom. The van der Waals surface area contributed by atoms with Crippen molar-refractivity contribution in [2.45, 2.75) is 13.0 Å². The van der Waals surface area contributed by atoms with Crippen LogP contribution in [-0.2, 0) is 7.05 Å². The SMILES string of the molecule is Cc1nn(C)cc1C(=O)NCC(O)c1cc2ccccc2s1. The number of benzene rings is 1. The second kappa shape index (κ2) is 5.90. The molecule has 1 aromatic carbocycles. The smallest absolute Gasteiger partial charge is 0.254 e. The molecule has 1 unspecified atom stereocenters. The highest BCUT2D eigenvalue weighted by Gasteiger charge is 2.16. The summed E-state index contributed by atoms with van der Waals surface area (Å²) in [6.07, 6.45) is 0.967. The van der Waals surface area contributed by atoms with Crippen LogP contribution in [0.4, 0.5) is 0 Å². The summed E-state index contributed by atoms with van der Waals surface area (Å²) in [5, 5.41) is 18.3. The monoisotopic (exact) mass is 315 g/mol. The summed E-state index contributed by atoms with van der Waals surface area (Å²) in [5.74, 6) is -0.217. The molecule has 22 heavy (non-hydrogen) atoms. The van der Waals surface area contributed by atoms with Gasteiger partial charge in [0, 0.05) is 29.4 Å². The predicted molar refractivity (Wildman–Crippen MR) is 87.1 cm³/mol. The predicted octanol–water partition coefficient (Wildman–Crippen LogP) is 2.41. The third-order valence-corrected chi connectivity index (χ3v) is 4.70. The van der Waals surface area contributed by atoms with Gasteiger partial charge in [-0.25, -0.2) is 0 Å². The maximum absolute atomic E-state index is 12.1. The van der Waals surface area contributed by atoms with Crippen LogP contribution in [0.1, 0.15) is 27.0 Å². The number of hydrogen-bond acceptors (Lipinski definition) is 4. The maximum atomic E-state index is 12.1. The number of nitrogens with zero attached hydrogens (tertiary/aromatic N) is 2. The van der Waals surface area contributed by atoms with Crippen molar-refractivity contribution in [3.63, 3.8) is 0 Å². The van der Waals surface area contributed by atoms with Gasteiger partial charge in [-0.3, -0.25) is 9.48 Å². The Kier molecular flexibility index (Phi) is 3.96. The van der Waals surface area contributed by atoms with Gasteiger partial charge in [0.05, 0.1) is 11.3 Å². The molecule has 0 aliphatic rings. The van der Waals surface area contributed by atoms with Crippen LogP contribution in [0.3, 0.4) is 0 Å². The van der Waals surface area contributed by atoms with Crippen molar-refractivity contribution in [2.75, 3.05) is 6.54 Å². The highest BCUT2D eigenvalue weighted by Crippen LogP contribution is 2.29. The summed E-state index contributed by atoms with van der Waals surface area (Å²) in [4.78, 5) is 13.0. The average Bonchev–Trinajstić information content (AvgIpc) is 3.07. The van der Waals surface area contributed by atoms with E-state index < -0.39 is 6.10 Å². The van der Waals surface area contributed by atoms with Crippen molar-refractivity contribution in [2.24, 2.45) is 7.05 Å². The van der Waals surface area contributed by atoms with E-state index in [0.29, 0.717) is 11.3 Å². The lowest BCUT2D eigenvalue weighted by molar-refractivity contribution is 0.0917. The van der Waals surface area contributed by atoms with Gasteiger partial charge < -0.3 is 10.4 Å². The van der Waals surface area contributed by atoms with Gasteiger partial charge in [-0.15, -0.1) is 11.3 Å². The molecule has 2 aromatic heterocycles. The van der Waals surface area contributed by atoms with Crippen LogP contribution >= 0.6 is 11.3 Å². The lowest BCUT2D eigenvalue weighted by Crippen LogP contribution is -2.28. The van der Waals surface area contributed by atoms with Crippen molar-refractivity contribution < 1.29 is 9.90 Å². The molecule has 0 aliphatic heterocycles. The molecule has 2 heterocycles. The first-order chi connectivity index (χ1) is 10.5. The Balaban J connectivity index is 1.68. The number of carbonyl (C=O) groups excluding carboxylic acids is 1. The van der Waals surface area contributed by atoms with Crippen LogP contribution in [0.15, 0.2) is 36.5 Å². The molecule has 0 fully saturated rings. The van der Waals surface area contributed by atoms with Crippen LogP contribution < -0.4 is 5.32 Å². The highest BCUT2D eigenvalue weighted by molar-refractivity contribution is 7.19. The minimum Gasteiger partial charge on any atom is -0.386 e. The molecule has 1 atom stereocenters. The van der Waals surface area contributed by atoms with Crippen molar-refractivity contribution >= 4 is 27.3 Å². The summed E-state index contributed by atoms with van der Waals surface area (Å²) in [6.45, 7) is 1.97. The number of aromatic nitrogens is 2. The number of fused-ring (bicyclic) bond motifs is 1. The molecule has 6 heteroatoms. The molecule has 114 valence electrons. The summed E-state index contributed by atoms with van der Waals surface area (Å²) in [5.41, 5.74) is 1.21. The molecule has 5 nitrogen and oxygen atoms in total. The number of aliphatic hydroxyl groups is 1. The van der Waals surface area contributed by atoms with Crippen molar-refractivity contribution in [3.05, 3.63) is 52.7 Å². The highest BCUT2D eigenvalue weighted by atomic mass is 32.1. The van der Waals surface area contributed by atoms with E-state index in [1.54, 1.807) is 36.2 Å². The standard InChI is InChI=1S/C16H17N3O2S/c1-10-12(9-19(2)18-10)16(21)17-8-13(20)15-7-11-5-3-4-6-14(11)22-15/h3-7,9,13,20H,8H2,1-2H3,(H,17,21). The minimum atomic E-state index is -0.710. The summed E-state index contributed by atoms with van der Waals surface area (Å²) < 4.78 is 2.73. The number of nitrogens with one attached hydrogen (secondary N) is 1. The van der Waals surface area contributed by atoms with Crippen molar-refractivity contribution in [1.29, 1.82) is 0 Å². The maximum Gasteiger partial charge on any atom is 0.254 e. The van der Waals surface area contributed by atoms with E-state index in [9.17, 15) is 9.90 Å². The molecule has 1 amide bonds. The van der Waals surface area contributed by atoms with E-state index in [-0.39, 0.29) is 12.5 Å². The molecule has 0 aliphatic carbocycles. The summed E-state index contributed by atoms with van der Waals surface area (Å²) >= 11 is 1.54. The molecule has 3 aromatic rings. The van der Waals surface area contributed by atoms with Crippen molar-refractivity contribution in [1.82, 2.24) is 15.1 Å². The molecule has 0 spiro atoms. The van der Waals surface area contributed by atoms with E-state index in [4.69, 9.17) is 0 Å². The van der Waals surface area contributed by atoms with Gasteiger partial charge in [0.1, 0.15) is 6.10 Å². The number of hydrogen-bond donors (Lipinski definition) is 2. The Labute approximate surface area is 132 Å². The zero-order chi connectivity index (χ0) is 15.7. The van der Waals surface area contributed by atoms with E-state index in [0.717, 1.165) is 15.0 Å². The molecular weight excluding hydrogens is 298 g/mol. The number of rotatable bonds is 4.